The number of amides is 2. The van der Waals surface area contributed by atoms with Gasteiger partial charge < -0.3 is 20.1 Å². The Morgan fingerprint density at radius 1 is 0.848 bits per heavy atom. The summed E-state index contributed by atoms with van der Waals surface area (Å²) in [4.78, 5) is 24.5. The number of carbonyl (C=O) groups excluding carboxylic acids is 2. The first-order chi connectivity index (χ1) is 15.9. The van der Waals surface area contributed by atoms with E-state index >= 15 is 0 Å². The number of anilines is 2. The smallest absolute Gasteiger partial charge is 0.262 e. The van der Waals surface area contributed by atoms with E-state index in [4.69, 9.17) is 9.47 Å². The zero-order valence-electron chi connectivity index (χ0n) is 18.6. The van der Waals surface area contributed by atoms with E-state index in [1.807, 2.05) is 36.4 Å². The zero-order valence-corrected chi connectivity index (χ0v) is 20.2. The van der Waals surface area contributed by atoms with Crippen molar-refractivity contribution in [2.45, 2.75) is 26.2 Å². The molecule has 6 nitrogen and oxygen atoms in total. The summed E-state index contributed by atoms with van der Waals surface area (Å²) >= 11 is 3.51. The van der Waals surface area contributed by atoms with Crippen molar-refractivity contribution in [3.05, 3.63) is 82.8 Å². The Balaban J connectivity index is 1.49. The molecule has 0 bridgehead atoms. The summed E-state index contributed by atoms with van der Waals surface area (Å²) in [5.41, 5.74) is 2.32. The van der Waals surface area contributed by atoms with Gasteiger partial charge in [-0.2, -0.15) is 0 Å². The van der Waals surface area contributed by atoms with Crippen molar-refractivity contribution in [3.63, 3.8) is 0 Å². The minimum absolute atomic E-state index is 0.112. The van der Waals surface area contributed by atoms with Crippen LogP contribution >= 0.6 is 15.9 Å². The Kier molecular flexibility index (Phi) is 8.89. The first kappa shape index (κ1) is 24.3. The molecule has 0 saturated carbocycles. The van der Waals surface area contributed by atoms with Gasteiger partial charge in [0.1, 0.15) is 11.5 Å². The van der Waals surface area contributed by atoms with E-state index < -0.39 is 0 Å². The summed E-state index contributed by atoms with van der Waals surface area (Å²) in [5.74, 6) is 1.09. The minimum atomic E-state index is -0.302. The van der Waals surface area contributed by atoms with Gasteiger partial charge in [-0.15, -0.1) is 0 Å². The highest BCUT2D eigenvalue weighted by molar-refractivity contribution is 9.10. The maximum absolute atomic E-state index is 12.4. The van der Waals surface area contributed by atoms with Crippen LogP contribution in [0, 0.1) is 0 Å². The van der Waals surface area contributed by atoms with E-state index in [0.717, 1.165) is 10.9 Å². The van der Waals surface area contributed by atoms with Crippen LogP contribution in [0.4, 0.5) is 11.4 Å². The lowest BCUT2D eigenvalue weighted by Gasteiger charge is -2.13. The van der Waals surface area contributed by atoms with Gasteiger partial charge >= 0.3 is 0 Å². The van der Waals surface area contributed by atoms with Crippen LogP contribution in [0.3, 0.4) is 0 Å². The number of ether oxygens (including phenoxy) is 2. The number of halogens is 1. The zero-order chi connectivity index (χ0) is 23.6. The van der Waals surface area contributed by atoms with Crippen LogP contribution < -0.4 is 20.1 Å². The van der Waals surface area contributed by atoms with E-state index in [1.165, 1.54) is 5.56 Å². The number of benzene rings is 3. The molecule has 172 valence electrons. The highest BCUT2D eigenvalue weighted by Crippen LogP contribution is 2.30. The molecule has 0 saturated heterocycles. The van der Waals surface area contributed by atoms with Crippen molar-refractivity contribution < 1.29 is 19.1 Å². The SMILES string of the molecule is CCC(C)c1ccc(OCC(=O)Nc2cccc(NC(=O)COc3ccccc3)c2)c(Br)c1. The summed E-state index contributed by atoms with van der Waals surface area (Å²) in [6.07, 6.45) is 1.05. The van der Waals surface area contributed by atoms with Crippen LogP contribution in [0.25, 0.3) is 0 Å². The molecule has 2 N–H and O–H groups in total. The van der Waals surface area contributed by atoms with Crippen molar-refractivity contribution in [1.82, 2.24) is 0 Å². The van der Waals surface area contributed by atoms with Crippen LogP contribution in [-0.2, 0) is 9.59 Å². The van der Waals surface area contributed by atoms with E-state index in [1.54, 1.807) is 36.4 Å². The van der Waals surface area contributed by atoms with E-state index in [0.29, 0.717) is 28.8 Å². The largest absolute Gasteiger partial charge is 0.484 e. The third-order valence-electron chi connectivity index (χ3n) is 5.04. The number of carbonyl (C=O) groups is 2. The molecule has 0 aliphatic heterocycles. The molecule has 0 aliphatic rings. The molecule has 0 aliphatic carbocycles. The average Bonchev–Trinajstić information content (AvgIpc) is 2.82. The molecule has 1 unspecified atom stereocenters. The van der Waals surface area contributed by atoms with E-state index in [2.05, 4.69) is 40.4 Å². The lowest BCUT2D eigenvalue weighted by Crippen LogP contribution is -2.21. The number of hydrogen-bond donors (Lipinski definition) is 2. The van der Waals surface area contributed by atoms with Gasteiger partial charge in [0, 0.05) is 11.4 Å². The van der Waals surface area contributed by atoms with E-state index in [-0.39, 0.29) is 25.0 Å². The first-order valence-corrected chi connectivity index (χ1v) is 11.5. The molecule has 0 heterocycles. The second-order valence-corrected chi connectivity index (χ2v) is 8.42. The van der Waals surface area contributed by atoms with Crippen LogP contribution in [0.15, 0.2) is 77.3 Å². The van der Waals surface area contributed by atoms with Gasteiger partial charge in [0.2, 0.25) is 0 Å². The highest BCUT2D eigenvalue weighted by Gasteiger charge is 2.10. The molecular formula is C26H27BrN2O4. The summed E-state index contributed by atoms with van der Waals surface area (Å²) in [6, 6.07) is 21.9. The molecule has 33 heavy (non-hydrogen) atoms. The molecule has 3 aromatic rings. The monoisotopic (exact) mass is 510 g/mol. The van der Waals surface area contributed by atoms with Crippen LogP contribution in [0.5, 0.6) is 11.5 Å². The third-order valence-corrected chi connectivity index (χ3v) is 5.66. The summed E-state index contributed by atoms with van der Waals surface area (Å²) in [7, 11) is 0. The fraction of sp³-hybridized carbons (Fsp3) is 0.231. The Morgan fingerprint density at radius 2 is 1.48 bits per heavy atom. The average molecular weight is 511 g/mol. The number of nitrogens with one attached hydrogen (secondary N) is 2. The summed E-state index contributed by atoms with van der Waals surface area (Å²) in [6.45, 7) is 4.07. The molecule has 3 rings (SSSR count). The second-order valence-electron chi connectivity index (χ2n) is 7.57. The van der Waals surface area contributed by atoms with Crippen molar-refractivity contribution in [2.75, 3.05) is 23.8 Å². The lowest BCUT2D eigenvalue weighted by atomic mass is 9.99. The highest BCUT2D eigenvalue weighted by atomic mass is 79.9. The molecule has 1 atom stereocenters. The molecule has 3 aromatic carbocycles. The second kappa shape index (κ2) is 12.1. The number of hydrogen-bond acceptors (Lipinski definition) is 4. The Bertz CT molecular complexity index is 1090. The van der Waals surface area contributed by atoms with Crippen molar-refractivity contribution in [2.24, 2.45) is 0 Å². The van der Waals surface area contributed by atoms with Crippen LogP contribution in [0.1, 0.15) is 31.7 Å². The number of para-hydroxylation sites is 1. The third kappa shape index (κ3) is 7.64. The molecular weight excluding hydrogens is 484 g/mol. The van der Waals surface area contributed by atoms with Gasteiger partial charge in [-0.1, -0.05) is 44.2 Å². The maximum atomic E-state index is 12.4. The van der Waals surface area contributed by atoms with Gasteiger partial charge in [0.05, 0.1) is 4.47 Å². The predicted octanol–water partition coefficient (Wildman–Crippen LogP) is 6.00. The van der Waals surface area contributed by atoms with Gasteiger partial charge in [0.15, 0.2) is 13.2 Å². The number of rotatable bonds is 10. The lowest BCUT2D eigenvalue weighted by molar-refractivity contribution is -0.118. The fourth-order valence-electron chi connectivity index (χ4n) is 3.05. The van der Waals surface area contributed by atoms with Crippen molar-refractivity contribution in [3.8, 4) is 11.5 Å². The summed E-state index contributed by atoms with van der Waals surface area (Å²) < 4.78 is 11.9. The van der Waals surface area contributed by atoms with Crippen LogP contribution in [-0.4, -0.2) is 25.0 Å². The summed E-state index contributed by atoms with van der Waals surface area (Å²) in [5, 5.41) is 5.54. The van der Waals surface area contributed by atoms with Crippen molar-refractivity contribution in [1.29, 1.82) is 0 Å². The Morgan fingerprint density at radius 3 is 2.09 bits per heavy atom. The quantitative estimate of drug-likeness (QED) is 0.350. The first-order valence-electron chi connectivity index (χ1n) is 10.7. The molecule has 2 amide bonds. The van der Waals surface area contributed by atoms with E-state index in [9.17, 15) is 9.59 Å². The fourth-order valence-corrected chi connectivity index (χ4v) is 3.57. The van der Waals surface area contributed by atoms with Gasteiger partial charge in [-0.3, -0.25) is 9.59 Å². The van der Waals surface area contributed by atoms with Gasteiger partial charge in [-0.05, 0) is 76.3 Å². The van der Waals surface area contributed by atoms with Gasteiger partial charge in [0.25, 0.3) is 11.8 Å². The molecule has 0 aromatic heterocycles. The normalized spacial score (nSPS) is 11.4. The Labute approximate surface area is 202 Å². The topological polar surface area (TPSA) is 76.7 Å². The minimum Gasteiger partial charge on any atom is -0.484 e. The standard InChI is InChI=1S/C26H27BrN2O4/c1-3-18(2)19-12-13-24(23(27)14-19)33-17-26(31)29-21-9-7-8-20(15-21)28-25(30)16-32-22-10-5-4-6-11-22/h4-15,18H,3,16-17H2,1-2H3,(H,28,30)(H,29,31). The van der Waals surface area contributed by atoms with Crippen molar-refractivity contribution >= 4 is 39.1 Å². The predicted molar refractivity (Wildman–Crippen MR) is 134 cm³/mol. The maximum Gasteiger partial charge on any atom is 0.262 e. The molecule has 7 heteroatoms. The van der Waals surface area contributed by atoms with Gasteiger partial charge in [-0.25, -0.2) is 0 Å². The van der Waals surface area contributed by atoms with Crippen LogP contribution in [0.2, 0.25) is 0 Å². The Hall–Kier alpha value is -3.32. The molecule has 0 radical (unpaired) electrons. The molecule has 0 fully saturated rings. The molecule has 0 spiro atoms.